The number of carboxylic acids is 2. The molecule has 0 spiro atoms. The second kappa shape index (κ2) is 12.5. The number of pyridine rings is 1. The Morgan fingerprint density at radius 1 is 1.03 bits per heavy atom. The molecular weight excluding hydrogens is 532 g/mol. The van der Waals surface area contributed by atoms with Gasteiger partial charge >= 0.3 is 24.3 Å². The number of rotatable bonds is 4. The molecule has 0 bridgehead atoms. The Bertz CT molecular complexity index is 1120. The zero-order valence-electron chi connectivity index (χ0n) is 19.6. The van der Waals surface area contributed by atoms with Crippen molar-refractivity contribution in [2.45, 2.75) is 51.5 Å². The molecule has 1 aliphatic heterocycles. The molecule has 4 rings (SSSR count). The van der Waals surface area contributed by atoms with Gasteiger partial charge in [0, 0.05) is 43.2 Å². The van der Waals surface area contributed by atoms with E-state index in [0.29, 0.717) is 6.54 Å². The predicted octanol–water partition coefficient (Wildman–Crippen LogP) is 3.74. The third kappa shape index (κ3) is 10.1. The summed E-state index contributed by atoms with van der Waals surface area (Å²) < 4.78 is 65.4. The lowest BCUT2D eigenvalue weighted by atomic mass is 10.1. The number of aliphatic carboxylic acids is 2. The van der Waals surface area contributed by atoms with Gasteiger partial charge in [0.15, 0.2) is 0 Å². The van der Waals surface area contributed by atoms with Crippen LogP contribution in [0.2, 0.25) is 0 Å². The van der Waals surface area contributed by atoms with Gasteiger partial charge < -0.3 is 19.7 Å². The minimum absolute atomic E-state index is 0.102. The Morgan fingerprint density at radius 2 is 1.57 bits per heavy atom. The highest BCUT2D eigenvalue weighted by Gasteiger charge is 2.38. The monoisotopic (exact) mass is 557 g/mol. The summed E-state index contributed by atoms with van der Waals surface area (Å²) >= 11 is 1.65. The van der Waals surface area contributed by atoms with Crippen molar-refractivity contribution < 1.29 is 46.1 Å². The number of carbonyl (C=O) groups is 2. The molecule has 2 N–H and O–H groups in total. The van der Waals surface area contributed by atoms with Crippen LogP contribution >= 0.6 is 11.3 Å². The number of alkyl halides is 6. The van der Waals surface area contributed by atoms with E-state index in [0.717, 1.165) is 42.6 Å². The summed E-state index contributed by atoms with van der Waals surface area (Å²) in [5, 5.41) is 17.4. The van der Waals surface area contributed by atoms with Crippen molar-refractivity contribution in [2.75, 3.05) is 19.6 Å². The second-order valence-electron chi connectivity index (χ2n) is 8.44. The maximum atomic E-state index is 12.4. The van der Waals surface area contributed by atoms with Crippen molar-refractivity contribution in [1.29, 1.82) is 0 Å². The Hall–Kier alpha value is -2.94. The Morgan fingerprint density at radius 3 is 2.03 bits per heavy atom. The van der Waals surface area contributed by atoms with Gasteiger partial charge in [-0.3, -0.25) is 4.79 Å². The number of aromatic nitrogens is 2. The van der Waals surface area contributed by atoms with E-state index in [4.69, 9.17) is 19.8 Å². The van der Waals surface area contributed by atoms with Crippen LogP contribution in [0.25, 0.3) is 0 Å². The van der Waals surface area contributed by atoms with Gasteiger partial charge in [0.1, 0.15) is 0 Å². The molecule has 3 heterocycles. The third-order valence-corrected chi connectivity index (χ3v) is 6.26. The first-order valence-corrected chi connectivity index (χ1v) is 11.9. The molecule has 2 aliphatic rings. The van der Waals surface area contributed by atoms with Gasteiger partial charge in [-0.05, 0) is 37.7 Å². The van der Waals surface area contributed by atoms with E-state index in [2.05, 4.69) is 15.3 Å². The lowest BCUT2D eigenvalue weighted by Crippen LogP contribution is -2.29. The fourth-order valence-electron chi connectivity index (χ4n) is 3.51. The van der Waals surface area contributed by atoms with Crippen molar-refractivity contribution in [2.24, 2.45) is 5.92 Å². The number of nitrogens with zero attached hydrogens (tertiary/aromatic N) is 3. The molecule has 1 saturated carbocycles. The van der Waals surface area contributed by atoms with Crippen LogP contribution in [0, 0.1) is 12.8 Å². The van der Waals surface area contributed by atoms with Crippen LogP contribution in [0.1, 0.15) is 34.8 Å². The molecule has 206 valence electrons. The number of aryl methyl sites for hydroxylation is 1. The van der Waals surface area contributed by atoms with Crippen molar-refractivity contribution in [3.8, 4) is 0 Å². The molecule has 1 fully saturated rings. The molecule has 8 nitrogen and oxygen atoms in total. The maximum Gasteiger partial charge on any atom is 0.490 e. The summed E-state index contributed by atoms with van der Waals surface area (Å²) in [6, 6.07) is 3.77. The summed E-state index contributed by atoms with van der Waals surface area (Å²) in [4.78, 5) is 37.3. The van der Waals surface area contributed by atoms with Crippen LogP contribution in [0.4, 0.5) is 26.3 Å². The van der Waals surface area contributed by atoms with Crippen molar-refractivity contribution in [1.82, 2.24) is 14.5 Å². The van der Waals surface area contributed by atoms with Crippen molar-refractivity contribution >= 4 is 23.3 Å². The highest BCUT2D eigenvalue weighted by Crippen LogP contribution is 2.30. The van der Waals surface area contributed by atoms with Crippen molar-refractivity contribution in [3.63, 3.8) is 0 Å². The molecule has 0 saturated heterocycles. The fourth-order valence-corrected chi connectivity index (χ4v) is 4.11. The first-order valence-electron chi connectivity index (χ1n) is 11.0. The highest BCUT2D eigenvalue weighted by atomic mass is 32.1. The smallest absolute Gasteiger partial charge is 0.475 e. The summed E-state index contributed by atoms with van der Waals surface area (Å²) in [6.45, 7) is 6.05. The molecule has 0 aromatic carbocycles. The van der Waals surface area contributed by atoms with E-state index in [-0.39, 0.29) is 5.56 Å². The molecule has 0 unspecified atom stereocenters. The molecule has 2 aromatic heterocycles. The largest absolute Gasteiger partial charge is 0.490 e. The number of hydrogen-bond donors (Lipinski definition) is 2. The van der Waals surface area contributed by atoms with E-state index >= 15 is 0 Å². The topological polar surface area (TPSA) is 113 Å². The lowest BCUT2D eigenvalue weighted by Gasteiger charge is -2.19. The zero-order valence-corrected chi connectivity index (χ0v) is 20.4. The molecule has 0 atom stereocenters. The van der Waals surface area contributed by atoms with Crippen LogP contribution in [0.15, 0.2) is 22.3 Å². The normalized spacial score (nSPS) is 15.9. The molecule has 0 radical (unpaired) electrons. The lowest BCUT2D eigenvalue weighted by molar-refractivity contribution is -0.193. The zero-order chi connectivity index (χ0) is 28.0. The minimum Gasteiger partial charge on any atom is -0.475 e. The summed E-state index contributed by atoms with van der Waals surface area (Å²) in [5.74, 6) is -4.59. The van der Waals surface area contributed by atoms with E-state index < -0.39 is 24.3 Å². The quantitative estimate of drug-likeness (QED) is 0.551. The number of hydrogen-bond acceptors (Lipinski definition) is 6. The SMILES string of the molecule is Cc1nc(Cn2c3c(ccc2=O)CCN(CC2CC2)CC3)cs1.O=C(O)C(F)(F)F.O=C(O)C(F)(F)F. The van der Waals surface area contributed by atoms with Crippen LogP contribution in [0.5, 0.6) is 0 Å². The van der Waals surface area contributed by atoms with Crippen molar-refractivity contribution in [3.05, 3.63) is 49.8 Å². The van der Waals surface area contributed by atoms with E-state index in [1.165, 1.54) is 30.6 Å². The third-order valence-electron chi connectivity index (χ3n) is 5.44. The Balaban J connectivity index is 0.000000286. The molecule has 2 aromatic rings. The number of fused-ring (bicyclic) bond motifs is 1. The first kappa shape index (κ1) is 30.3. The van der Waals surface area contributed by atoms with E-state index in [1.807, 2.05) is 17.6 Å². The van der Waals surface area contributed by atoms with Gasteiger partial charge in [-0.25, -0.2) is 14.6 Å². The standard InChI is InChI=1S/C18H23N3OS.2C2HF3O2/c1-13-19-16(12-23-13)11-21-17-7-9-20(10-14-2-3-14)8-6-15(17)4-5-18(21)22;2*3-2(4,5)1(6)7/h4-5,12,14H,2-3,6-11H2,1H3;2*(H,6,7). The average Bonchev–Trinajstić information content (AvgIpc) is 3.54. The maximum absolute atomic E-state index is 12.4. The van der Waals surface area contributed by atoms with Crippen LogP contribution in [-0.4, -0.2) is 68.6 Å². The van der Waals surface area contributed by atoms with Gasteiger partial charge in [-0.15, -0.1) is 11.3 Å². The Labute approximate surface area is 211 Å². The van der Waals surface area contributed by atoms with Gasteiger partial charge in [0.05, 0.1) is 17.2 Å². The predicted molar refractivity (Wildman–Crippen MR) is 121 cm³/mol. The number of carboxylic acid groups (broad SMARTS) is 2. The van der Waals surface area contributed by atoms with Gasteiger partial charge in [-0.1, -0.05) is 6.07 Å². The highest BCUT2D eigenvalue weighted by molar-refractivity contribution is 7.09. The molecular formula is C22H25F6N3O5S. The Kier molecular flexibility index (Phi) is 10.3. The first-order chi connectivity index (χ1) is 17.1. The minimum atomic E-state index is -5.08. The molecule has 37 heavy (non-hydrogen) atoms. The van der Waals surface area contributed by atoms with Gasteiger partial charge in [-0.2, -0.15) is 26.3 Å². The molecule has 1 aliphatic carbocycles. The summed E-state index contributed by atoms with van der Waals surface area (Å²) in [6.07, 6.45) is -5.34. The summed E-state index contributed by atoms with van der Waals surface area (Å²) in [5.41, 5.74) is 3.67. The van der Waals surface area contributed by atoms with E-state index in [9.17, 15) is 31.1 Å². The second-order valence-corrected chi connectivity index (χ2v) is 9.50. The number of halogens is 6. The van der Waals surface area contributed by atoms with Gasteiger partial charge in [0.25, 0.3) is 5.56 Å². The van der Waals surface area contributed by atoms with Crippen LogP contribution < -0.4 is 5.56 Å². The van der Waals surface area contributed by atoms with Gasteiger partial charge in [0.2, 0.25) is 0 Å². The van der Waals surface area contributed by atoms with Crippen LogP contribution in [0.3, 0.4) is 0 Å². The average molecular weight is 558 g/mol. The number of thiazole rings is 1. The van der Waals surface area contributed by atoms with Crippen LogP contribution in [-0.2, 0) is 29.0 Å². The fraction of sp³-hybridized carbons (Fsp3) is 0.545. The molecule has 0 amide bonds. The summed E-state index contributed by atoms with van der Waals surface area (Å²) in [7, 11) is 0. The molecule has 15 heteroatoms. The van der Waals surface area contributed by atoms with E-state index in [1.54, 1.807) is 17.4 Å².